The number of ether oxygens (including phenoxy) is 12. The number of thioether (sulfide) groups is 1. The topological polar surface area (TPSA) is 376 Å². The molecule has 0 amide bonds. The van der Waals surface area contributed by atoms with E-state index in [-0.39, 0.29) is 90.8 Å². The van der Waals surface area contributed by atoms with Crippen LogP contribution >= 0.6 is 11.8 Å². The number of hydrogen-bond acceptors (Lipinski definition) is 25. The molecule has 7 unspecified atom stereocenters. The molecule has 0 aromatic heterocycles. The Kier molecular flexibility index (Phi) is 66.1. The first-order valence-electron chi connectivity index (χ1n) is 32.3. The molecule has 0 aliphatic rings. The van der Waals surface area contributed by atoms with Crippen molar-refractivity contribution >= 4 is 83.4 Å². The number of aliphatic carboxylic acids is 1. The Hall–Kier alpha value is -7.17. The van der Waals surface area contributed by atoms with E-state index in [0.29, 0.717) is 50.9 Å². The largest absolute Gasteiger partial charge is 0.481 e. The average Bonchev–Trinajstić information content (AvgIpc) is 0.800. The highest BCUT2D eigenvalue weighted by Gasteiger charge is 2.29. The van der Waals surface area contributed by atoms with Crippen molar-refractivity contribution in [2.45, 2.75) is 201 Å². The van der Waals surface area contributed by atoms with Crippen molar-refractivity contribution in [2.24, 2.45) is 35.0 Å². The fraction of sp³-hybridized carbons (Fsp3) is 0.714. The zero-order chi connectivity index (χ0) is 78.1. The molecular weight excluding hydrogens is 1300 g/mol. The maximum atomic E-state index is 11.8. The second kappa shape index (κ2) is 62.1. The molecule has 1 rings (SSSR count). The highest BCUT2D eigenvalue weighted by Crippen LogP contribution is 2.22. The third-order valence-corrected chi connectivity index (χ3v) is 14.0. The number of carbonyl (C=O) groups is 12. The van der Waals surface area contributed by atoms with E-state index in [0.717, 1.165) is 58.1 Å². The van der Waals surface area contributed by atoms with E-state index in [4.69, 9.17) is 58.0 Å². The molecule has 0 radical (unpaired) electrons. The zero-order valence-corrected chi connectivity index (χ0v) is 64.4. The SMILES string of the molecule is C=C(C)C(=O)OCCCC(=O)OC(C)COC(=O)C(C)(C)CC.CCC(C)C(=O)O.CCC(C)C(=O)OC.CCC(C)C(=O)OC(C)(C)C.CCC(C)C(=O)OCCOC.CCOC(=O)C(C)CC.COC(=O)c1cc(C(=O)OC)c(C(=O)O)cc1C(=O)O.COCC(CSC)OC. The molecule has 27 nitrogen and oxygen atoms in total. The molecule has 0 spiro atoms. The molecule has 98 heavy (non-hydrogen) atoms. The number of methoxy groups -OCH3 is 6. The normalized spacial score (nSPS) is 12.3. The lowest BCUT2D eigenvalue weighted by atomic mass is 9.91. The van der Waals surface area contributed by atoms with Crippen LogP contribution in [0.1, 0.15) is 224 Å². The molecule has 0 saturated carbocycles. The van der Waals surface area contributed by atoms with Crippen LogP contribution in [0.5, 0.6) is 0 Å². The summed E-state index contributed by atoms with van der Waals surface area (Å²) in [4.78, 5) is 133. The van der Waals surface area contributed by atoms with Gasteiger partial charge in [0.25, 0.3) is 0 Å². The van der Waals surface area contributed by atoms with Crippen LogP contribution in [0.3, 0.4) is 0 Å². The number of rotatable bonds is 33. The summed E-state index contributed by atoms with van der Waals surface area (Å²) < 4.78 is 57.9. The molecule has 0 fully saturated rings. The molecule has 0 heterocycles. The van der Waals surface area contributed by atoms with Gasteiger partial charge in [-0.05, 0) is 119 Å². The number of benzene rings is 1. The van der Waals surface area contributed by atoms with Crippen molar-refractivity contribution in [3.8, 4) is 0 Å². The molecule has 0 saturated heterocycles. The van der Waals surface area contributed by atoms with E-state index in [2.05, 4.69) is 27.0 Å². The zero-order valence-electron chi connectivity index (χ0n) is 63.6. The van der Waals surface area contributed by atoms with Gasteiger partial charge in [0.15, 0.2) is 0 Å². The Labute approximate surface area is 587 Å². The Morgan fingerprint density at radius 2 is 0.949 bits per heavy atom. The van der Waals surface area contributed by atoms with Crippen LogP contribution in [-0.2, 0) is 95.2 Å². The molecule has 28 heteroatoms. The van der Waals surface area contributed by atoms with Crippen LogP contribution in [-0.4, -0.2) is 199 Å². The molecular formula is C70H122O27S. The van der Waals surface area contributed by atoms with Gasteiger partial charge in [-0.2, -0.15) is 11.8 Å². The van der Waals surface area contributed by atoms with Crippen LogP contribution in [0, 0.1) is 35.0 Å². The molecule has 1 aromatic rings. The first kappa shape index (κ1) is 104. The predicted octanol–water partition coefficient (Wildman–Crippen LogP) is 12.0. The first-order valence-corrected chi connectivity index (χ1v) is 33.7. The smallest absolute Gasteiger partial charge is 0.338 e. The monoisotopic (exact) mass is 1430 g/mol. The van der Waals surface area contributed by atoms with Crippen molar-refractivity contribution in [3.05, 3.63) is 46.5 Å². The Bertz CT molecular complexity index is 2410. The Morgan fingerprint density at radius 1 is 0.520 bits per heavy atom. The van der Waals surface area contributed by atoms with Crippen LogP contribution in [0.2, 0.25) is 0 Å². The third-order valence-electron chi connectivity index (χ3n) is 13.3. The number of aromatic carboxylic acids is 2. The third kappa shape index (κ3) is 55.8. The summed E-state index contributed by atoms with van der Waals surface area (Å²) in [6.07, 6.45) is 7.06. The van der Waals surface area contributed by atoms with Gasteiger partial charge in [0, 0.05) is 39.1 Å². The average molecular weight is 1430 g/mol. The maximum absolute atomic E-state index is 11.8. The van der Waals surface area contributed by atoms with Gasteiger partial charge in [0.2, 0.25) is 0 Å². The Morgan fingerprint density at radius 3 is 1.27 bits per heavy atom. The number of carboxylic acids is 3. The second-order valence-electron chi connectivity index (χ2n) is 23.3. The highest BCUT2D eigenvalue weighted by molar-refractivity contribution is 7.98. The molecule has 0 bridgehead atoms. The van der Waals surface area contributed by atoms with Crippen molar-refractivity contribution < 1.29 is 130 Å². The van der Waals surface area contributed by atoms with Gasteiger partial charge in [0.05, 0.1) is 111 Å². The summed E-state index contributed by atoms with van der Waals surface area (Å²) >= 11 is 1.77. The number of carbonyl (C=O) groups excluding carboxylic acids is 9. The van der Waals surface area contributed by atoms with E-state index >= 15 is 0 Å². The Balaban J connectivity index is -0.000000201. The van der Waals surface area contributed by atoms with Crippen LogP contribution in [0.15, 0.2) is 24.3 Å². The van der Waals surface area contributed by atoms with E-state index in [1.807, 2.05) is 96.9 Å². The van der Waals surface area contributed by atoms with E-state index < -0.39 is 75.6 Å². The van der Waals surface area contributed by atoms with E-state index in [1.54, 1.807) is 67.7 Å². The summed E-state index contributed by atoms with van der Waals surface area (Å²) in [6.45, 7) is 40.7. The number of hydrogen-bond donors (Lipinski definition) is 3. The summed E-state index contributed by atoms with van der Waals surface area (Å²) in [5, 5.41) is 26.2. The first-order chi connectivity index (χ1) is 45.5. The van der Waals surface area contributed by atoms with Gasteiger partial charge in [-0.3, -0.25) is 33.6 Å². The minimum Gasteiger partial charge on any atom is -0.481 e. The van der Waals surface area contributed by atoms with Crippen LogP contribution < -0.4 is 0 Å². The number of carboxylic acid groups (broad SMARTS) is 3. The van der Waals surface area contributed by atoms with Gasteiger partial charge in [0.1, 0.15) is 24.9 Å². The minimum absolute atomic E-state index is 0.00635. The summed E-state index contributed by atoms with van der Waals surface area (Å²) in [7, 11) is 8.44. The minimum atomic E-state index is -1.52. The lowest BCUT2D eigenvalue weighted by Gasteiger charge is -2.22. The second-order valence-corrected chi connectivity index (χ2v) is 24.2. The molecule has 3 N–H and O–H groups in total. The van der Waals surface area contributed by atoms with E-state index in [1.165, 1.54) is 7.11 Å². The van der Waals surface area contributed by atoms with Gasteiger partial charge in [-0.1, -0.05) is 82.7 Å². The number of esters is 9. The summed E-state index contributed by atoms with van der Waals surface area (Å²) in [5.74, 6) is -6.45. The maximum Gasteiger partial charge on any atom is 0.338 e. The van der Waals surface area contributed by atoms with Crippen molar-refractivity contribution in [3.63, 3.8) is 0 Å². The fourth-order valence-electron chi connectivity index (χ4n) is 5.52. The quantitative estimate of drug-likeness (QED) is 0.0255. The van der Waals surface area contributed by atoms with Crippen molar-refractivity contribution in [1.29, 1.82) is 0 Å². The lowest BCUT2D eigenvalue weighted by molar-refractivity contribution is -0.164. The summed E-state index contributed by atoms with van der Waals surface area (Å²) in [6, 6.07) is 1.54. The van der Waals surface area contributed by atoms with Gasteiger partial charge in [-0.15, -0.1) is 0 Å². The molecule has 0 aliphatic carbocycles. The summed E-state index contributed by atoms with van der Waals surface area (Å²) in [5.41, 5.74) is -2.62. The van der Waals surface area contributed by atoms with Crippen molar-refractivity contribution in [2.75, 3.05) is 94.3 Å². The molecule has 570 valence electrons. The van der Waals surface area contributed by atoms with E-state index in [9.17, 15) is 57.5 Å². The van der Waals surface area contributed by atoms with Crippen LogP contribution in [0.25, 0.3) is 0 Å². The lowest BCUT2D eigenvalue weighted by Crippen LogP contribution is -2.30. The van der Waals surface area contributed by atoms with Crippen LogP contribution in [0.4, 0.5) is 0 Å². The molecule has 1 aromatic carbocycles. The molecule has 0 aliphatic heterocycles. The standard InChI is InChI=1S/C17H28O6.C12H10O8.C9H18O2.C8H16O3.C7H14O2.C6H14O2S.C6H12O2.C5H10O2/c1-7-17(5,6)16(20)22-11-13(4)23-14(18)9-8-10-21-15(19)12(2)3;1-19-11(17)7-4-8(12(18)20-2)6(10(15)16)3-5(7)9(13)14;1-6-7(2)8(10)11-9(3,4)5;1-4-7(2)8(9)11-6-5-10-3;1-4-6(3)7(8)9-5-2;1-7-4-6(8-2)5-9-3;1-4-5(2)6(7)8-3;1-3-4(2)5(6)7/h13H,2,7-11H2,1,3-6H3;3-4H,1-2H3,(H,13,14)(H,15,16);7H,6H2,1-5H3;7H,4-6H2,1-3H3;2*6H,4-5H2,1-3H3;5H,4H2,1-3H3;4H,3H2,1-2H3,(H,6,7). The van der Waals surface area contributed by atoms with Gasteiger partial charge >= 0.3 is 71.6 Å². The molecule has 7 atom stereocenters. The van der Waals surface area contributed by atoms with Gasteiger partial charge < -0.3 is 72.2 Å². The van der Waals surface area contributed by atoms with Gasteiger partial charge in [-0.25, -0.2) is 24.0 Å². The van der Waals surface area contributed by atoms with Crippen molar-refractivity contribution in [1.82, 2.24) is 0 Å². The predicted molar refractivity (Wildman–Crippen MR) is 372 cm³/mol. The fourth-order valence-corrected chi connectivity index (χ4v) is 6.12. The highest BCUT2D eigenvalue weighted by atomic mass is 32.2.